The molecule has 2 atom stereocenters. The smallest absolute Gasteiger partial charge is 0.356 e. The summed E-state index contributed by atoms with van der Waals surface area (Å²) >= 11 is 2.36. The van der Waals surface area contributed by atoms with Crippen LogP contribution in [0.4, 0.5) is 0 Å². The molecule has 2 N–H and O–H groups in total. The van der Waals surface area contributed by atoms with Crippen LogP contribution in [-0.4, -0.2) is 71.1 Å². The Balaban J connectivity index is 1.30. The van der Waals surface area contributed by atoms with Crippen molar-refractivity contribution in [2.45, 2.75) is 35.6 Å². The van der Waals surface area contributed by atoms with Crippen molar-refractivity contribution in [1.82, 2.24) is 30.4 Å². The Bertz CT molecular complexity index is 1710. The summed E-state index contributed by atoms with van der Waals surface area (Å²) in [5.41, 5.74) is 2.29. The van der Waals surface area contributed by atoms with Crippen LogP contribution in [0.25, 0.3) is 0 Å². The van der Waals surface area contributed by atoms with Gasteiger partial charge in [-0.2, -0.15) is 0 Å². The molecular weight excluding hydrogens is 617 g/mol. The van der Waals surface area contributed by atoms with Crippen molar-refractivity contribution < 1.29 is 29.0 Å². The van der Waals surface area contributed by atoms with Gasteiger partial charge in [-0.25, -0.2) is 9.48 Å². The molecule has 228 valence electrons. The maximum atomic E-state index is 14.1. The zero-order valence-corrected chi connectivity index (χ0v) is 25.2. The fourth-order valence-electron chi connectivity index (χ4n) is 5.02. The molecule has 12 nitrogen and oxygen atoms in total. The molecule has 0 spiro atoms. The monoisotopic (exact) mass is 642 g/mol. The second-order valence-electron chi connectivity index (χ2n) is 10.1. The second kappa shape index (κ2) is 13.4. The van der Waals surface area contributed by atoms with Gasteiger partial charge in [-0.1, -0.05) is 91.0 Å². The van der Waals surface area contributed by atoms with Gasteiger partial charge in [0, 0.05) is 10.7 Å². The highest BCUT2D eigenvalue weighted by atomic mass is 32.2. The second-order valence-corrected chi connectivity index (χ2v) is 12.3. The molecule has 0 unspecified atom stereocenters. The number of β-lactam (4-membered cyclic amide) rings is 1. The average molecular weight is 643 g/mol. The molecule has 2 amide bonds. The lowest BCUT2D eigenvalue weighted by molar-refractivity contribution is -0.154. The van der Waals surface area contributed by atoms with E-state index in [-0.39, 0.29) is 28.9 Å². The zero-order chi connectivity index (χ0) is 31.3. The fourth-order valence-corrected chi connectivity index (χ4v) is 7.44. The van der Waals surface area contributed by atoms with E-state index in [1.807, 2.05) is 91.0 Å². The number of carbonyl (C=O) groups excluding carboxylic acids is 3. The summed E-state index contributed by atoms with van der Waals surface area (Å²) in [6, 6.07) is 26.8. The van der Waals surface area contributed by atoms with Crippen LogP contribution in [0, 0.1) is 0 Å². The Hall–Kier alpha value is -4.95. The summed E-state index contributed by atoms with van der Waals surface area (Å²) < 4.78 is 7.25. The molecule has 0 bridgehead atoms. The van der Waals surface area contributed by atoms with E-state index in [1.54, 1.807) is 0 Å². The molecule has 3 aromatic carbocycles. The van der Waals surface area contributed by atoms with Gasteiger partial charge in [0.1, 0.15) is 23.7 Å². The predicted octanol–water partition coefficient (Wildman–Crippen LogP) is 3.04. The number of amides is 2. The molecule has 0 saturated carbocycles. The van der Waals surface area contributed by atoms with Crippen molar-refractivity contribution in [3.8, 4) is 0 Å². The predicted molar refractivity (Wildman–Crippen MR) is 164 cm³/mol. The van der Waals surface area contributed by atoms with Gasteiger partial charge >= 0.3 is 11.9 Å². The van der Waals surface area contributed by atoms with E-state index in [0.717, 1.165) is 33.1 Å². The quantitative estimate of drug-likeness (QED) is 0.183. The number of carbonyl (C=O) groups is 4. The molecule has 45 heavy (non-hydrogen) atoms. The van der Waals surface area contributed by atoms with E-state index >= 15 is 0 Å². The van der Waals surface area contributed by atoms with Crippen LogP contribution in [0.15, 0.2) is 107 Å². The highest BCUT2D eigenvalue weighted by molar-refractivity contribution is 8.06. The molecule has 0 radical (unpaired) electrons. The van der Waals surface area contributed by atoms with Gasteiger partial charge < -0.3 is 15.2 Å². The van der Waals surface area contributed by atoms with Crippen LogP contribution in [0.3, 0.4) is 0 Å². The molecule has 4 aromatic rings. The number of nitrogens with zero attached hydrogens (tertiary/aromatic N) is 5. The van der Waals surface area contributed by atoms with Crippen molar-refractivity contribution >= 4 is 47.3 Å². The first kappa shape index (κ1) is 30.1. The van der Waals surface area contributed by atoms with Crippen LogP contribution >= 0.6 is 23.5 Å². The van der Waals surface area contributed by atoms with Crippen molar-refractivity contribution in [2.75, 3.05) is 5.75 Å². The number of carboxylic acids is 1. The molecule has 3 heterocycles. The standard InChI is InChI=1S/C31H26N6O6S2/c38-23(16-19-10-4-1-5-11-19)32-25-28(41)37-26(22(18-44-29(25)37)45-31-33-34-35-36(31)17-24(39)40)30(42)43-27(20-12-6-2-7-13-20)21-14-8-3-9-15-21/h1-15,25,27,29H,16-18H2,(H,32,38)(H,39,40)/t25-,29+/m1/s1. The third-order valence-corrected chi connectivity index (χ3v) is 9.60. The Labute approximate surface area is 265 Å². The summed E-state index contributed by atoms with van der Waals surface area (Å²) in [6.07, 6.45) is -0.669. The average Bonchev–Trinajstić information content (AvgIpc) is 3.48. The normalized spacial score (nSPS) is 17.4. The van der Waals surface area contributed by atoms with Gasteiger partial charge in [0.25, 0.3) is 5.91 Å². The number of tetrazole rings is 1. The number of carboxylic acid groups (broad SMARTS) is 1. The van der Waals surface area contributed by atoms with Crippen LogP contribution in [-0.2, 0) is 36.9 Å². The van der Waals surface area contributed by atoms with Crippen molar-refractivity contribution in [3.63, 3.8) is 0 Å². The molecule has 2 aliphatic rings. The number of fused-ring (bicyclic) bond motifs is 1. The molecule has 1 fully saturated rings. The van der Waals surface area contributed by atoms with Crippen molar-refractivity contribution in [2.24, 2.45) is 0 Å². The molecular formula is C31H26N6O6S2. The highest BCUT2D eigenvalue weighted by Gasteiger charge is 2.55. The minimum absolute atomic E-state index is 0.00375. The third kappa shape index (κ3) is 6.61. The number of aromatic nitrogens is 4. The molecule has 2 aliphatic heterocycles. The Morgan fingerprint density at radius 1 is 0.978 bits per heavy atom. The van der Waals surface area contributed by atoms with E-state index in [2.05, 4.69) is 20.8 Å². The molecule has 1 saturated heterocycles. The lowest BCUT2D eigenvalue weighted by Crippen LogP contribution is -2.70. The number of esters is 1. The first-order valence-corrected chi connectivity index (χ1v) is 15.7. The number of benzene rings is 3. The lowest BCUT2D eigenvalue weighted by Gasteiger charge is -2.49. The van der Waals surface area contributed by atoms with Gasteiger partial charge in [0.05, 0.1) is 6.42 Å². The maximum absolute atomic E-state index is 14.1. The van der Waals surface area contributed by atoms with Gasteiger partial charge in [-0.3, -0.25) is 19.3 Å². The Morgan fingerprint density at radius 2 is 1.60 bits per heavy atom. The van der Waals surface area contributed by atoms with E-state index in [1.165, 1.54) is 16.7 Å². The molecule has 14 heteroatoms. The Kier molecular flexibility index (Phi) is 8.93. The zero-order valence-electron chi connectivity index (χ0n) is 23.6. The summed E-state index contributed by atoms with van der Waals surface area (Å²) in [7, 11) is 0. The minimum atomic E-state index is -1.14. The molecule has 1 aromatic heterocycles. The summed E-state index contributed by atoms with van der Waals surface area (Å²) in [5.74, 6) is -2.40. The van der Waals surface area contributed by atoms with E-state index < -0.39 is 41.9 Å². The van der Waals surface area contributed by atoms with Crippen LogP contribution in [0.2, 0.25) is 0 Å². The third-order valence-electron chi connectivity index (χ3n) is 7.08. The van der Waals surface area contributed by atoms with E-state index in [9.17, 15) is 24.3 Å². The topological polar surface area (TPSA) is 157 Å². The number of rotatable bonds is 11. The van der Waals surface area contributed by atoms with Crippen LogP contribution in [0.1, 0.15) is 22.8 Å². The number of thioether (sulfide) groups is 2. The van der Waals surface area contributed by atoms with Crippen LogP contribution in [0.5, 0.6) is 0 Å². The highest BCUT2D eigenvalue weighted by Crippen LogP contribution is 2.45. The summed E-state index contributed by atoms with van der Waals surface area (Å²) in [6.45, 7) is -0.486. The maximum Gasteiger partial charge on any atom is 0.356 e. The number of hydrogen-bond donors (Lipinski definition) is 2. The first-order chi connectivity index (χ1) is 21.9. The molecule has 0 aliphatic carbocycles. The van der Waals surface area contributed by atoms with E-state index in [4.69, 9.17) is 4.74 Å². The van der Waals surface area contributed by atoms with Gasteiger partial charge in [0.2, 0.25) is 11.1 Å². The largest absolute Gasteiger partial charge is 0.480 e. The Morgan fingerprint density at radius 3 is 2.22 bits per heavy atom. The first-order valence-electron chi connectivity index (χ1n) is 13.9. The number of aliphatic carboxylic acids is 1. The van der Waals surface area contributed by atoms with Crippen molar-refractivity contribution in [1.29, 1.82) is 0 Å². The number of ether oxygens (including phenoxy) is 1. The van der Waals surface area contributed by atoms with E-state index in [0.29, 0.717) is 4.91 Å². The number of hydrogen-bond acceptors (Lipinski definition) is 10. The lowest BCUT2D eigenvalue weighted by atomic mass is 10.0. The fraction of sp³-hybridized carbons (Fsp3) is 0.194. The summed E-state index contributed by atoms with van der Waals surface area (Å²) in [4.78, 5) is 53.7. The van der Waals surface area contributed by atoms with Crippen LogP contribution < -0.4 is 5.32 Å². The molecule has 6 rings (SSSR count). The van der Waals surface area contributed by atoms with Gasteiger partial charge in [-0.05, 0) is 38.9 Å². The van der Waals surface area contributed by atoms with Gasteiger partial charge in [0.15, 0.2) is 6.10 Å². The SMILES string of the molecule is O=C(O)Cn1nnnc1SC1=C(C(=O)OC(c2ccccc2)c2ccccc2)N2C(=O)[C@@H](NC(=O)Cc3ccccc3)[C@@H]2SC1. The van der Waals surface area contributed by atoms with Gasteiger partial charge in [-0.15, -0.1) is 16.9 Å². The summed E-state index contributed by atoms with van der Waals surface area (Å²) in [5, 5.41) is 23.0. The number of nitrogens with one attached hydrogen (secondary N) is 1. The van der Waals surface area contributed by atoms with Crippen molar-refractivity contribution in [3.05, 3.63) is 118 Å². The minimum Gasteiger partial charge on any atom is -0.480 e.